The van der Waals surface area contributed by atoms with Crippen molar-refractivity contribution in [1.29, 1.82) is 0 Å². The van der Waals surface area contributed by atoms with Gasteiger partial charge in [-0.2, -0.15) is 0 Å². The Morgan fingerprint density at radius 1 is 1.21 bits per heavy atom. The standard InChI is InChI=1S/C19H24N2O3/c1-13-12-18(14(2)21(13)15-4-5-15)19(22)20-10-11-24-17-8-6-16(23-3)7-9-17/h6-9,12,15H,4-5,10-11H2,1-3H3,(H,20,22). The van der Waals surface area contributed by atoms with E-state index >= 15 is 0 Å². The second-order valence-electron chi connectivity index (χ2n) is 6.17. The molecule has 1 heterocycles. The minimum Gasteiger partial charge on any atom is -0.497 e. The third kappa shape index (κ3) is 3.55. The molecule has 1 aromatic heterocycles. The number of benzene rings is 1. The van der Waals surface area contributed by atoms with Crippen molar-refractivity contribution in [3.05, 3.63) is 47.3 Å². The van der Waals surface area contributed by atoms with Gasteiger partial charge in [-0.1, -0.05) is 0 Å². The second kappa shape index (κ2) is 6.99. The van der Waals surface area contributed by atoms with Crippen LogP contribution in [0.3, 0.4) is 0 Å². The van der Waals surface area contributed by atoms with Gasteiger partial charge >= 0.3 is 0 Å². The van der Waals surface area contributed by atoms with E-state index in [1.54, 1.807) is 7.11 Å². The lowest BCUT2D eigenvalue weighted by molar-refractivity contribution is 0.0946. The molecule has 0 radical (unpaired) electrons. The van der Waals surface area contributed by atoms with Crippen molar-refractivity contribution in [2.75, 3.05) is 20.3 Å². The van der Waals surface area contributed by atoms with Crippen LogP contribution in [0.4, 0.5) is 0 Å². The van der Waals surface area contributed by atoms with Crippen LogP contribution in [-0.2, 0) is 0 Å². The van der Waals surface area contributed by atoms with E-state index in [0.29, 0.717) is 19.2 Å². The fraction of sp³-hybridized carbons (Fsp3) is 0.421. The number of aryl methyl sites for hydroxylation is 1. The molecule has 1 saturated carbocycles. The summed E-state index contributed by atoms with van der Waals surface area (Å²) < 4.78 is 13.0. The Morgan fingerprint density at radius 3 is 2.50 bits per heavy atom. The highest BCUT2D eigenvalue weighted by atomic mass is 16.5. The molecule has 3 rings (SSSR count). The second-order valence-corrected chi connectivity index (χ2v) is 6.17. The van der Waals surface area contributed by atoms with Crippen molar-refractivity contribution < 1.29 is 14.3 Å². The van der Waals surface area contributed by atoms with Crippen LogP contribution >= 0.6 is 0 Å². The summed E-state index contributed by atoms with van der Waals surface area (Å²) in [6.07, 6.45) is 2.43. The fourth-order valence-electron chi connectivity index (χ4n) is 3.00. The van der Waals surface area contributed by atoms with Gasteiger partial charge in [0.25, 0.3) is 5.91 Å². The van der Waals surface area contributed by atoms with Crippen molar-refractivity contribution in [2.24, 2.45) is 0 Å². The van der Waals surface area contributed by atoms with Crippen LogP contribution in [-0.4, -0.2) is 30.7 Å². The maximum Gasteiger partial charge on any atom is 0.253 e. The van der Waals surface area contributed by atoms with E-state index in [1.807, 2.05) is 37.3 Å². The van der Waals surface area contributed by atoms with Gasteiger partial charge in [0.15, 0.2) is 0 Å². The molecule has 5 nitrogen and oxygen atoms in total. The predicted molar refractivity (Wildman–Crippen MR) is 93.0 cm³/mol. The Kier molecular flexibility index (Phi) is 4.79. The average molecular weight is 328 g/mol. The first-order valence-electron chi connectivity index (χ1n) is 8.33. The molecular formula is C19H24N2O3. The summed E-state index contributed by atoms with van der Waals surface area (Å²) >= 11 is 0. The number of hydrogen-bond acceptors (Lipinski definition) is 3. The number of aromatic nitrogens is 1. The number of methoxy groups -OCH3 is 1. The van der Waals surface area contributed by atoms with Gasteiger partial charge in [0.2, 0.25) is 0 Å². The summed E-state index contributed by atoms with van der Waals surface area (Å²) in [4.78, 5) is 12.4. The van der Waals surface area contributed by atoms with E-state index in [2.05, 4.69) is 16.8 Å². The Balaban J connectivity index is 1.49. The summed E-state index contributed by atoms with van der Waals surface area (Å²) in [5.41, 5.74) is 2.99. The van der Waals surface area contributed by atoms with Crippen LogP contribution in [0.1, 0.15) is 40.6 Å². The monoisotopic (exact) mass is 328 g/mol. The first kappa shape index (κ1) is 16.4. The molecular weight excluding hydrogens is 304 g/mol. The third-order valence-corrected chi connectivity index (χ3v) is 4.36. The minimum absolute atomic E-state index is 0.0340. The highest BCUT2D eigenvalue weighted by Gasteiger charge is 2.28. The van der Waals surface area contributed by atoms with Crippen molar-refractivity contribution in [1.82, 2.24) is 9.88 Å². The summed E-state index contributed by atoms with van der Waals surface area (Å²) in [6, 6.07) is 9.97. The lowest BCUT2D eigenvalue weighted by atomic mass is 10.2. The fourth-order valence-corrected chi connectivity index (χ4v) is 3.00. The van der Waals surface area contributed by atoms with E-state index in [1.165, 1.54) is 12.8 Å². The van der Waals surface area contributed by atoms with Crippen molar-refractivity contribution in [3.8, 4) is 11.5 Å². The molecule has 5 heteroatoms. The maximum absolute atomic E-state index is 12.4. The molecule has 1 amide bonds. The summed E-state index contributed by atoms with van der Waals surface area (Å²) in [6.45, 7) is 4.99. The van der Waals surface area contributed by atoms with Crippen molar-refractivity contribution >= 4 is 5.91 Å². The SMILES string of the molecule is COc1ccc(OCCNC(=O)c2cc(C)n(C3CC3)c2C)cc1. The molecule has 2 aromatic rings. The number of carbonyl (C=O) groups is 1. The molecule has 0 atom stereocenters. The summed E-state index contributed by atoms with van der Waals surface area (Å²) in [7, 11) is 1.63. The molecule has 1 N–H and O–H groups in total. The molecule has 0 saturated heterocycles. The zero-order chi connectivity index (χ0) is 17.1. The number of rotatable bonds is 7. The molecule has 1 aliphatic rings. The smallest absolute Gasteiger partial charge is 0.253 e. The van der Waals surface area contributed by atoms with Gasteiger partial charge in [0.1, 0.15) is 18.1 Å². The van der Waals surface area contributed by atoms with Gasteiger partial charge in [0.05, 0.1) is 19.2 Å². The van der Waals surface area contributed by atoms with Crippen LogP contribution < -0.4 is 14.8 Å². The maximum atomic E-state index is 12.4. The van der Waals surface area contributed by atoms with Crippen molar-refractivity contribution in [2.45, 2.75) is 32.7 Å². The predicted octanol–water partition coefficient (Wildman–Crippen LogP) is 3.26. The van der Waals surface area contributed by atoms with E-state index in [-0.39, 0.29) is 5.91 Å². The van der Waals surface area contributed by atoms with Crippen LogP contribution in [0.15, 0.2) is 30.3 Å². The Hall–Kier alpha value is -2.43. The Morgan fingerprint density at radius 2 is 1.88 bits per heavy atom. The zero-order valence-electron chi connectivity index (χ0n) is 14.5. The number of nitrogens with one attached hydrogen (secondary N) is 1. The van der Waals surface area contributed by atoms with Gasteiger partial charge < -0.3 is 19.4 Å². The largest absolute Gasteiger partial charge is 0.497 e. The van der Waals surface area contributed by atoms with Crippen LogP contribution in [0.2, 0.25) is 0 Å². The molecule has 1 aromatic carbocycles. The quantitative estimate of drug-likeness (QED) is 0.794. The van der Waals surface area contributed by atoms with Crippen LogP contribution in [0.25, 0.3) is 0 Å². The highest BCUT2D eigenvalue weighted by Crippen LogP contribution is 2.38. The third-order valence-electron chi connectivity index (χ3n) is 4.36. The molecule has 128 valence electrons. The van der Waals surface area contributed by atoms with Crippen molar-refractivity contribution in [3.63, 3.8) is 0 Å². The number of amides is 1. The number of carbonyl (C=O) groups excluding carboxylic acids is 1. The normalized spacial score (nSPS) is 13.6. The first-order valence-corrected chi connectivity index (χ1v) is 8.33. The van der Waals surface area contributed by atoms with Gasteiger partial charge in [0, 0.05) is 17.4 Å². The molecule has 0 bridgehead atoms. The van der Waals surface area contributed by atoms with Gasteiger partial charge in [-0.05, 0) is 57.0 Å². The first-order chi connectivity index (χ1) is 11.6. The molecule has 0 aliphatic heterocycles. The lowest BCUT2D eigenvalue weighted by Crippen LogP contribution is -2.28. The Bertz CT molecular complexity index is 715. The molecule has 0 spiro atoms. The van der Waals surface area contributed by atoms with Gasteiger partial charge in [-0.3, -0.25) is 4.79 Å². The number of ether oxygens (including phenoxy) is 2. The van der Waals surface area contributed by atoms with Crippen LogP contribution in [0, 0.1) is 13.8 Å². The molecule has 0 unspecified atom stereocenters. The topological polar surface area (TPSA) is 52.5 Å². The number of nitrogens with zero attached hydrogens (tertiary/aromatic N) is 1. The van der Waals surface area contributed by atoms with E-state index in [4.69, 9.17) is 9.47 Å². The number of hydrogen-bond donors (Lipinski definition) is 1. The highest BCUT2D eigenvalue weighted by molar-refractivity contribution is 5.95. The van der Waals surface area contributed by atoms with E-state index in [9.17, 15) is 4.79 Å². The Labute approximate surface area is 142 Å². The van der Waals surface area contributed by atoms with E-state index in [0.717, 1.165) is 28.5 Å². The van der Waals surface area contributed by atoms with Gasteiger partial charge in [-0.15, -0.1) is 0 Å². The van der Waals surface area contributed by atoms with Gasteiger partial charge in [-0.25, -0.2) is 0 Å². The molecule has 1 aliphatic carbocycles. The van der Waals surface area contributed by atoms with Crippen LogP contribution in [0.5, 0.6) is 11.5 Å². The average Bonchev–Trinajstić information content (AvgIpc) is 3.37. The summed E-state index contributed by atoms with van der Waals surface area (Å²) in [5, 5.41) is 2.93. The minimum atomic E-state index is -0.0340. The lowest BCUT2D eigenvalue weighted by Gasteiger charge is -2.09. The summed E-state index contributed by atoms with van der Waals surface area (Å²) in [5.74, 6) is 1.52. The van der Waals surface area contributed by atoms with E-state index < -0.39 is 0 Å². The molecule has 24 heavy (non-hydrogen) atoms. The zero-order valence-corrected chi connectivity index (χ0v) is 14.5. The molecule has 1 fully saturated rings.